The van der Waals surface area contributed by atoms with E-state index in [9.17, 15) is 0 Å². The minimum Gasteiger partial charge on any atom is -0.355 e. The lowest BCUT2D eigenvalue weighted by Crippen LogP contribution is -2.54. The first-order chi connectivity index (χ1) is 13.0. The molecule has 0 saturated heterocycles. The smallest absolute Gasteiger partial charge is 0.191 e. The maximum atomic E-state index is 4.46. The van der Waals surface area contributed by atoms with Crippen LogP contribution in [-0.2, 0) is 25.9 Å². The maximum absolute atomic E-state index is 4.46. The first-order valence-electron chi connectivity index (χ1n) is 9.71. The van der Waals surface area contributed by atoms with Gasteiger partial charge in [-0.25, -0.2) is 4.98 Å². The fourth-order valence-corrected chi connectivity index (χ4v) is 4.20. The van der Waals surface area contributed by atoms with Crippen LogP contribution in [0.3, 0.4) is 0 Å². The van der Waals surface area contributed by atoms with E-state index in [1.165, 1.54) is 16.0 Å². The SMILES string of the molecule is CCc1cnc(CNC(=NC)NCC(C)(C)N2CCc3ccccc3C2)s1. The molecule has 27 heavy (non-hydrogen) atoms. The number of guanidine groups is 1. The van der Waals surface area contributed by atoms with Crippen molar-refractivity contribution in [3.63, 3.8) is 0 Å². The summed E-state index contributed by atoms with van der Waals surface area (Å²) in [5.74, 6) is 0.828. The molecule has 0 atom stereocenters. The largest absolute Gasteiger partial charge is 0.355 e. The minimum atomic E-state index is 0.0434. The van der Waals surface area contributed by atoms with E-state index in [2.05, 4.69) is 70.5 Å². The lowest BCUT2D eigenvalue weighted by molar-refractivity contribution is 0.107. The number of rotatable bonds is 6. The van der Waals surface area contributed by atoms with E-state index < -0.39 is 0 Å². The Labute approximate surface area is 166 Å². The van der Waals surface area contributed by atoms with Crippen molar-refractivity contribution in [2.24, 2.45) is 4.99 Å². The molecule has 3 rings (SSSR count). The second-order valence-electron chi connectivity index (χ2n) is 7.61. The van der Waals surface area contributed by atoms with Gasteiger partial charge in [-0.2, -0.15) is 0 Å². The molecule has 0 spiro atoms. The molecule has 0 fully saturated rings. The van der Waals surface area contributed by atoms with E-state index in [4.69, 9.17) is 0 Å². The highest BCUT2D eigenvalue weighted by Crippen LogP contribution is 2.24. The van der Waals surface area contributed by atoms with Gasteiger partial charge in [0.2, 0.25) is 0 Å². The van der Waals surface area contributed by atoms with Crippen molar-refractivity contribution in [2.75, 3.05) is 20.1 Å². The van der Waals surface area contributed by atoms with Gasteiger partial charge in [-0.3, -0.25) is 9.89 Å². The molecule has 6 heteroatoms. The number of benzene rings is 1. The summed E-state index contributed by atoms with van der Waals surface area (Å²) in [6.07, 6.45) is 4.13. The third-order valence-corrected chi connectivity index (χ3v) is 6.40. The Morgan fingerprint density at radius 2 is 2.04 bits per heavy atom. The fourth-order valence-electron chi connectivity index (χ4n) is 3.40. The molecule has 2 N–H and O–H groups in total. The maximum Gasteiger partial charge on any atom is 0.191 e. The number of nitrogens with zero attached hydrogens (tertiary/aromatic N) is 3. The van der Waals surface area contributed by atoms with E-state index in [0.29, 0.717) is 6.54 Å². The lowest BCUT2D eigenvalue weighted by atomic mass is 9.94. The van der Waals surface area contributed by atoms with Crippen LogP contribution < -0.4 is 10.6 Å². The molecule has 2 aromatic rings. The van der Waals surface area contributed by atoms with Gasteiger partial charge in [-0.15, -0.1) is 11.3 Å². The van der Waals surface area contributed by atoms with Crippen molar-refractivity contribution >= 4 is 17.3 Å². The number of aromatic nitrogens is 1. The van der Waals surface area contributed by atoms with Crippen LogP contribution in [0.2, 0.25) is 0 Å². The van der Waals surface area contributed by atoms with Crippen LogP contribution in [0.25, 0.3) is 0 Å². The predicted molar refractivity (Wildman–Crippen MR) is 114 cm³/mol. The zero-order chi connectivity index (χ0) is 19.3. The Kier molecular flexibility index (Phi) is 6.50. The van der Waals surface area contributed by atoms with Crippen LogP contribution in [0.5, 0.6) is 0 Å². The van der Waals surface area contributed by atoms with Crippen LogP contribution in [0.15, 0.2) is 35.5 Å². The van der Waals surface area contributed by atoms with Gasteiger partial charge in [0, 0.05) is 43.3 Å². The molecule has 5 nitrogen and oxygen atoms in total. The van der Waals surface area contributed by atoms with Crippen molar-refractivity contribution in [3.05, 3.63) is 51.5 Å². The fraction of sp³-hybridized carbons (Fsp3) is 0.524. The van der Waals surface area contributed by atoms with Gasteiger partial charge in [-0.05, 0) is 37.8 Å². The second kappa shape index (κ2) is 8.85. The normalized spacial score (nSPS) is 15.5. The summed E-state index contributed by atoms with van der Waals surface area (Å²) in [5.41, 5.74) is 2.99. The topological polar surface area (TPSA) is 52.6 Å². The number of fused-ring (bicyclic) bond motifs is 1. The van der Waals surface area contributed by atoms with E-state index >= 15 is 0 Å². The molecule has 0 saturated carbocycles. The third kappa shape index (κ3) is 5.08. The molecular formula is C21H31N5S. The molecule has 0 bridgehead atoms. The number of hydrogen-bond donors (Lipinski definition) is 2. The van der Waals surface area contributed by atoms with Crippen LogP contribution >= 0.6 is 11.3 Å². The molecule has 1 aromatic carbocycles. The van der Waals surface area contributed by atoms with E-state index in [-0.39, 0.29) is 5.54 Å². The van der Waals surface area contributed by atoms with Gasteiger partial charge < -0.3 is 10.6 Å². The number of thiazole rings is 1. The number of aliphatic imine (C=N–C) groups is 1. The summed E-state index contributed by atoms with van der Waals surface area (Å²) < 4.78 is 0. The molecule has 1 aliphatic heterocycles. The molecular weight excluding hydrogens is 354 g/mol. The van der Waals surface area contributed by atoms with Crippen molar-refractivity contribution in [1.82, 2.24) is 20.5 Å². The number of aryl methyl sites for hydroxylation is 1. The van der Waals surface area contributed by atoms with Crippen molar-refractivity contribution in [1.29, 1.82) is 0 Å². The monoisotopic (exact) mass is 385 g/mol. The molecule has 0 radical (unpaired) electrons. The van der Waals surface area contributed by atoms with Gasteiger partial charge in [0.15, 0.2) is 5.96 Å². The first kappa shape index (κ1) is 19.8. The van der Waals surface area contributed by atoms with Gasteiger partial charge in [0.25, 0.3) is 0 Å². The quantitative estimate of drug-likeness (QED) is 0.592. The highest BCUT2D eigenvalue weighted by molar-refractivity contribution is 7.11. The zero-order valence-corrected chi connectivity index (χ0v) is 17.7. The zero-order valence-electron chi connectivity index (χ0n) is 16.9. The van der Waals surface area contributed by atoms with Gasteiger partial charge in [0.1, 0.15) is 5.01 Å². The van der Waals surface area contributed by atoms with Crippen LogP contribution in [0.1, 0.15) is 41.8 Å². The first-order valence-corrected chi connectivity index (χ1v) is 10.5. The van der Waals surface area contributed by atoms with Crippen LogP contribution in [0, 0.1) is 0 Å². The molecule has 0 aliphatic carbocycles. The summed E-state index contributed by atoms with van der Waals surface area (Å²) in [5, 5.41) is 7.98. The van der Waals surface area contributed by atoms with Gasteiger partial charge >= 0.3 is 0 Å². The summed E-state index contributed by atoms with van der Waals surface area (Å²) in [6, 6.07) is 8.79. The Morgan fingerprint density at radius 3 is 2.74 bits per heavy atom. The van der Waals surface area contributed by atoms with Crippen LogP contribution in [-0.4, -0.2) is 41.5 Å². The molecule has 0 amide bonds. The Balaban J connectivity index is 1.52. The second-order valence-corrected chi connectivity index (χ2v) is 8.81. The van der Waals surface area contributed by atoms with Gasteiger partial charge in [0.05, 0.1) is 6.54 Å². The molecule has 1 aliphatic rings. The van der Waals surface area contributed by atoms with Crippen molar-refractivity contribution < 1.29 is 0 Å². The van der Waals surface area contributed by atoms with E-state index in [1.54, 1.807) is 11.3 Å². The Morgan fingerprint density at radius 1 is 1.26 bits per heavy atom. The predicted octanol–water partition coefficient (Wildman–Crippen LogP) is 3.21. The van der Waals surface area contributed by atoms with Gasteiger partial charge in [-0.1, -0.05) is 31.2 Å². The summed E-state index contributed by atoms with van der Waals surface area (Å²) >= 11 is 1.76. The number of nitrogens with one attached hydrogen (secondary N) is 2. The average molecular weight is 386 g/mol. The highest BCUT2D eigenvalue weighted by Gasteiger charge is 2.29. The molecule has 1 aromatic heterocycles. The molecule has 0 unspecified atom stereocenters. The lowest BCUT2D eigenvalue weighted by Gasteiger charge is -2.42. The minimum absolute atomic E-state index is 0.0434. The Bertz CT molecular complexity index is 780. The Hall–Kier alpha value is -1.92. The van der Waals surface area contributed by atoms with Crippen molar-refractivity contribution in [3.8, 4) is 0 Å². The van der Waals surface area contributed by atoms with Crippen LogP contribution in [0.4, 0.5) is 0 Å². The third-order valence-electron chi connectivity index (χ3n) is 5.26. The summed E-state index contributed by atoms with van der Waals surface area (Å²) in [7, 11) is 1.82. The number of hydrogen-bond acceptors (Lipinski definition) is 4. The van der Waals surface area contributed by atoms with E-state index in [1.807, 2.05) is 13.2 Å². The molecule has 146 valence electrons. The summed E-state index contributed by atoms with van der Waals surface area (Å²) in [4.78, 5) is 12.7. The highest BCUT2D eigenvalue weighted by atomic mass is 32.1. The average Bonchev–Trinajstić information content (AvgIpc) is 3.16. The standard InChI is InChI=1S/C21H31N5S/c1-5-18-12-23-19(27-18)13-24-20(22-4)25-15-21(2,3)26-11-10-16-8-6-7-9-17(16)14-26/h6-9,12H,5,10-11,13-15H2,1-4H3,(H2,22,24,25). The van der Waals surface area contributed by atoms with Crippen molar-refractivity contribution in [2.45, 2.75) is 52.2 Å². The van der Waals surface area contributed by atoms with E-state index in [0.717, 1.165) is 43.4 Å². The molecule has 2 heterocycles. The summed E-state index contributed by atoms with van der Waals surface area (Å²) in [6.45, 7) is 10.4.